The van der Waals surface area contributed by atoms with Gasteiger partial charge in [0.1, 0.15) is 0 Å². The van der Waals surface area contributed by atoms with Crippen molar-refractivity contribution in [3.8, 4) is 11.5 Å². The summed E-state index contributed by atoms with van der Waals surface area (Å²) in [5, 5.41) is 1.10. The highest BCUT2D eigenvalue weighted by atomic mass is 35.5. The molecular weight excluding hydrogens is 399 g/mol. The van der Waals surface area contributed by atoms with Crippen molar-refractivity contribution in [3.05, 3.63) is 52.0 Å². The van der Waals surface area contributed by atoms with E-state index < -0.39 is 0 Å². The second kappa shape index (κ2) is 9.39. The molecule has 2 aromatic carbocycles. The van der Waals surface area contributed by atoms with Crippen molar-refractivity contribution in [1.29, 1.82) is 0 Å². The summed E-state index contributed by atoms with van der Waals surface area (Å²) in [5.74, 6) is 0.881. The Labute approximate surface area is 175 Å². The molecule has 0 radical (unpaired) electrons. The Kier molecular flexibility index (Phi) is 6.92. The van der Waals surface area contributed by atoms with Crippen LogP contribution in [0.25, 0.3) is 0 Å². The molecule has 1 aliphatic rings. The molecule has 3 rings (SSSR count). The number of amides is 1. The third-order valence-electron chi connectivity index (χ3n) is 4.69. The largest absolute Gasteiger partial charge is 0.493 e. The van der Waals surface area contributed by atoms with Crippen LogP contribution < -0.4 is 14.4 Å². The van der Waals surface area contributed by atoms with Gasteiger partial charge in [0.2, 0.25) is 0 Å². The molecule has 0 aliphatic carbocycles. The second-order valence-electron chi connectivity index (χ2n) is 6.57. The van der Waals surface area contributed by atoms with Crippen LogP contribution in [0.3, 0.4) is 0 Å². The maximum atomic E-state index is 13.0. The zero-order valence-electron chi connectivity index (χ0n) is 16.1. The van der Waals surface area contributed by atoms with Gasteiger partial charge < -0.3 is 19.3 Å². The van der Waals surface area contributed by atoms with Crippen molar-refractivity contribution in [2.45, 2.75) is 13.3 Å². The summed E-state index contributed by atoms with van der Waals surface area (Å²) < 4.78 is 11.0. The topological polar surface area (TPSA) is 42.0 Å². The number of piperazine rings is 1. The molecule has 1 saturated heterocycles. The van der Waals surface area contributed by atoms with Gasteiger partial charge in [0.05, 0.1) is 29.4 Å². The lowest BCUT2D eigenvalue weighted by Gasteiger charge is -2.36. The summed E-state index contributed by atoms with van der Waals surface area (Å²) in [6.07, 6.45) is 0.857. The van der Waals surface area contributed by atoms with Crippen molar-refractivity contribution in [1.82, 2.24) is 4.90 Å². The van der Waals surface area contributed by atoms with E-state index in [1.165, 1.54) is 0 Å². The molecule has 0 N–H and O–H groups in total. The fourth-order valence-corrected chi connectivity index (χ4v) is 3.75. The minimum atomic E-state index is -0.0685. The van der Waals surface area contributed by atoms with Gasteiger partial charge in [-0.1, -0.05) is 42.3 Å². The van der Waals surface area contributed by atoms with Gasteiger partial charge in [0.25, 0.3) is 5.91 Å². The standard InChI is InChI=1S/C21H24Cl2N2O3/c1-3-12-28-20-17(23)13-15(14-19(20)27-2)21(26)25-10-8-24(9-11-25)18-7-5-4-6-16(18)22/h4-7,13-14H,3,8-12H2,1-2H3. The van der Waals surface area contributed by atoms with Crippen LogP contribution in [0.2, 0.25) is 10.0 Å². The first-order chi connectivity index (χ1) is 13.5. The number of benzene rings is 2. The van der Waals surface area contributed by atoms with Crippen molar-refractivity contribution in [2.24, 2.45) is 0 Å². The predicted octanol–water partition coefficient (Wildman–Crippen LogP) is 4.75. The number of methoxy groups -OCH3 is 1. The minimum Gasteiger partial charge on any atom is -0.493 e. The van der Waals surface area contributed by atoms with E-state index in [9.17, 15) is 4.79 Å². The van der Waals surface area contributed by atoms with Crippen LogP contribution in [0.1, 0.15) is 23.7 Å². The van der Waals surface area contributed by atoms with Crippen LogP contribution in [0.15, 0.2) is 36.4 Å². The molecule has 2 aromatic rings. The smallest absolute Gasteiger partial charge is 0.254 e. The molecule has 5 nitrogen and oxygen atoms in total. The highest BCUT2D eigenvalue weighted by Crippen LogP contribution is 2.37. The zero-order valence-corrected chi connectivity index (χ0v) is 17.6. The van der Waals surface area contributed by atoms with Crippen molar-refractivity contribution >= 4 is 34.8 Å². The number of para-hydroxylation sites is 1. The van der Waals surface area contributed by atoms with E-state index in [4.69, 9.17) is 32.7 Å². The Balaban J connectivity index is 1.71. The molecular formula is C21H24Cl2N2O3. The molecule has 1 heterocycles. The Morgan fingerprint density at radius 1 is 1.07 bits per heavy atom. The van der Waals surface area contributed by atoms with Crippen LogP contribution in [0.5, 0.6) is 11.5 Å². The SMILES string of the molecule is CCCOc1c(Cl)cc(C(=O)N2CCN(c3ccccc3Cl)CC2)cc1OC. The van der Waals surface area contributed by atoms with Crippen molar-refractivity contribution in [3.63, 3.8) is 0 Å². The number of rotatable bonds is 6. The summed E-state index contributed by atoms with van der Waals surface area (Å²) in [6, 6.07) is 11.1. The molecule has 0 unspecified atom stereocenters. The average Bonchev–Trinajstić information content (AvgIpc) is 2.72. The lowest BCUT2D eigenvalue weighted by Crippen LogP contribution is -2.48. The molecule has 1 amide bonds. The van der Waals surface area contributed by atoms with Crippen molar-refractivity contribution < 1.29 is 14.3 Å². The number of anilines is 1. The van der Waals surface area contributed by atoms with Crippen LogP contribution in [-0.4, -0.2) is 50.7 Å². The summed E-state index contributed by atoms with van der Waals surface area (Å²) in [5.41, 5.74) is 1.50. The summed E-state index contributed by atoms with van der Waals surface area (Å²) >= 11 is 12.6. The van der Waals surface area contributed by atoms with E-state index in [-0.39, 0.29) is 5.91 Å². The van der Waals surface area contributed by atoms with Gasteiger partial charge in [0.15, 0.2) is 11.5 Å². The van der Waals surface area contributed by atoms with E-state index >= 15 is 0 Å². The van der Waals surface area contributed by atoms with E-state index in [1.807, 2.05) is 36.1 Å². The first-order valence-electron chi connectivity index (χ1n) is 9.34. The fraction of sp³-hybridized carbons (Fsp3) is 0.381. The van der Waals surface area contributed by atoms with Gasteiger partial charge in [-0.2, -0.15) is 0 Å². The molecule has 28 heavy (non-hydrogen) atoms. The van der Waals surface area contributed by atoms with Gasteiger partial charge in [0, 0.05) is 31.7 Å². The third-order valence-corrected chi connectivity index (χ3v) is 5.29. The lowest BCUT2D eigenvalue weighted by atomic mass is 10.1. The number of halogens is 2. The van der Waals surface area contributed by atoms with Gasteiger partial charge in [-0.25, -0.2) is 0 Å². The molecule has 1 fully saturated rings. The van der Waals surface area contributed by atoms with E-state index in [0.29, 0.717) is 41.8 Å². The van der Waals surface area contributed by atoms with Crippen LogP contribution >= 0.6 is 23.2 Å². The summed E-state index contributed by atoms with van der Waals surface area (Å²) in [7, 11) is 1.54. The number of nitrogens with zero attached hydrogens (tertiary/aromatic N) is 2. The summed E-state index contributed by atoms with van der Waals surface area (Å²) in [6.45, 7) is 5.21. The van der Waals surface area contributed by atoms with E-state index in [2.05, 4.69) is 4.90 Å². The normalized spacial score (nSPS) is 14.1. The maximum Gasteiger partial charge on any atom is 0.254 e. The Morgan fingerprint density at radius 2 is 1.79 bits per heavy atom. The van der Waals surface area contributed by atoms with E-state index in [0.717, 1.165) is 30.2 Å². The minimum absolute atomic E-state index is 0.0685. The van der Waals surface area contributed by atoms with Crippen molar-refractivity contribution in [2.75, 3.05) is 44.8 Å². The lowest BCUT2D eigenvalue weighted by molar-refractivity contribution is 0.0746. The second-order valence-corrected chi connectivity index (χ2v) is 7.38. The molecule has 0 bridgehead atoms. The molecule has 150 valence electrons. The zero-order chi connectivity index (χ0) is 20.1. The monoisotopic (exact) mass is 422 g/mol. The number of hydrogen-bond donors (Lipinski definition) is 0. The molecule has 0 saturated carbocycles. The Hall–Kier alpha value is -2.11. The van der Waals surface area contributed by atoms with Gasteiger partial charge in [-0.3, -0.25) is 4.79 Å². The van der Waals surface area contributed by atoms with Crippen LogP contribution in [-0.2, 0) is 0 Å². The van der Waals surface area contributed by atoms with Gasteiger partial charge in [-0.15, -0.1) is 0 Å². The van der Waals surface area contributed by atoms with Gasteiger partial charge in [-0.05, 0) is 30.7 Å². The Bertz CT molecular complexity index is 836. The quantitative estimate of drug-likeness (QED) is 0.673. The molecule has 1 aliphatic heterocycles. The highest BCUT2D eigenvalue weighted by Gasteiger charge is 2.25. The molecule has 7 heteroatoms. The number of ether oxygens (including phenoxy) is 2. The first-order valence-corrected chi connectivity index (χ1v) is 10.1. The average molecular weight is 423 g/mol. The first kappa shape index (κ1) is 20.6. The number of hydrogen-bond acceptors (Lipinski definition) is 4. The van der Waals surface area contributed by atoms with Crippen LogP contribution in [0.4, 0.5) is 5.69 Å². The summed E-state index contributed by atoms with van der Waals surface area (Å²) in [4.78, 5) is 17.0. The number of carbonyl (C=O) groups excluding carboxylic acids is 1. The molecule has 0 atom stereocenters. The number of carbonyl (C=O) groups is 1. The molecule has 0 spiro atoms. The Morgan fingerprint density at radius 3 is 2.43 bits per heavy atom. The fourth-order valence-electron chi connectivity index (χ4n) is 3.23. The predicted molar refractivity (Wildman–Crippen MR) is 113 cm³/mol. The van der Waals surface area contributed by atoms with E-state index in [1.54, 1.807) is 19.2 Å². The molecule has 0 aromatic heterocycles. The highest BCUT2D eigenvalue weighted by molar-refractivity contribution is 6.33. The third kappa shape index (κ3) is 4.47. The maximum absolute atomic E-state index is 13.0. The van der Waals surface area contributed by atoms with Crippen LogP contribution in [0, 0.1) is 0 Å². The van der Waals surface area contributed by atoms with Gasteiger partial charge >= 0.3 is 0 Å².